The number of hydrogen-bond acceptors (Lipinski definition) is 5. The van der Waals surface area contributed by atoms with Gasteiger partial charge in [0.15, 0.2) is 0 Å². The molecule has 0 N–H and O–H groups in total. The van der Waals surface area contributed by atoms with Crippen LogP contribution in [0.1, 0.15) is 16.8 Å². The van der Waals surface area contributed by atoms with Crippen molar-refractivity contribution < 1.29 is 14.3 Å². The van der Waals surface area contributed by atoms with Gasteiger partial charge in [-0.25, -0.2) is 0 Å². The van der Waals surface area contributed by atoms with Crippen molar-refractivity contribution in [1.29, 1.82) is 0 Å². The van der Waals surface area contributed by atoms with E-state index in [0.29, 0.717) is 52.5 Å². The summed E-state index contributed by atoms with van der Waals surface area (Å²) >= 11 is 0. The lowest BCUT2D eigenvalue weighted by molar-refractivity contribution is -0.136. The maximum Gasteiger partial charge on any atom is 0.263 e. The van der Waals surface area contributed by atoms with Crippen LogP contribution in [0, 0.1) is 0 Å². The summed E-state index contributed by atoms with van der Waals surface area (Å²) in [4.78, 5) is 42.9. The number of ether oxygens (including phenoxy) is 1. The van der Waals surface area contributed by atoms with Gasteiger partial charge in [0.2, 0.25) is 5.91 Å². The molecule has 3 rings (SSSR count). The molecular weight excluding hydrogens is 336 g/mol. The van der Waals surface area contributed by atoms with E-state index in [0.717, 1.165) is 13.0 Å². The first-order valence-electron chi connectivity index (χ1n) is 9.09. The standard InChI is InChI=1S/C18H26N4O4/c1-19-5-2-4-15(17(19)24)18(25)22-7-3-6-20(8-9-22)14-16(23)21-10-12-26-13-11-21/h2,4-5H,3,6-14H2,1H3. The Morgan fingerprint density at radius 3 is 2.58 bits per heavy atom. The number of amides is 2. The van der Waals surface area contributed by atoms with E-state index >= 15 is 0 Å². The van der Waals surface area contributed by atoms with Crippen molar-refractivity contribution in [3.63, 3.8) is 0 Å². The molecule has 8 nitrogen and oxygen atoms in total. The number of rotatable bonds is 3. The molecule has 0 aromatic carbocycles. The monoisotopic (exact) mass is 362 g/mol. The van der Waals surface area contributed by atoms with Crippen LogP contribution in [0.5, 0.6) is 0 Å². The highest BCUT2D eigenvalue weighted by Gasteiger charge is 2.25. The third kappa shape index (κ3) is 4.31. The number of aryl methyl sites for hydroxylation is 1. The fourth-order valence-corrected chi connectivity index (χ4v) is 3.37. The Morgan fingerprint density at radius 1 is 1.04 bits per heavy atom. The van der Waals surface area contributed by atoms with Crippen molar-refractivity contribution in [1.82, 2.24) is 19.3 Å². The Hall–Kier alpha value is -2.19. The maximum atomic E-state index is 12.7. The Bertz CT molecular complexity index is 711. The molecule has 8 heteroatoms. The summed E-state index contributed by atoms with van der Waals surface area (Å²) in [6.45, 7) is 5.38. The molecule has 2 aliphatic heterocycles. The molecule has 2 amide bonds. The van der Waals surface area contributed by atoms with E-state index in [1.54, 1.807) is 30.3 Å². The quantitative estimate of drug-likeness (QED) is 0.717. The molecule has 0 saturated carbocycles. The lowest BCUT2D eigenvalue weighted by Gasteiger charge is -2.29. The van der Waals surface area contributed by atoms with Gasteiger partial charge in [-0.15, -0.1) is 0 Å². The van der Waals surface area contributed by atoms with E-state index < -0.39 is 0 Å². The van der Waals surface area contributed by atoms with Gasteiger partial charge < -0.3 is 19.1 Å². The normalized spacial score (nSPS) is 19.3. The van der Waals surface area contributed by atoms with Gasteiger partial charge in [0.25, 0.3) is 11.5 Å². The van der Waals surface area contributed by atoms with E-state index in [-0.39, 0.29) is 22.9 Å². The predicted molar refractivity (Wildman–Crippen MR) is 96.0 cm³/mol. The second-order valence-electron chi connectivity index (χ2n) is 6.75. The van der Waals surface area contributed by atoms with Crippen molar-refractivity contribution in [2.24, 2.45) is 7.05 Å². The van der Waals surface area contributed by atoms with E-state index in [2.05, 4.69) is 4.90 Å². The molecular formula is C18H26N4O4. The van der Waals surface area contributed by atoms with Gasteiger partial charge in [-0.1, -0.05) is 0 Å². The first-order chi connectivity index (χ1) is 12.6. The lowest BCUT2D eigenvalue weighted by Crippen LogP contribution is -2.46. The van der Waals surface area contributed by atoms with Gasteiger partial charge in [0.05, 0.1) is 19.8 Å². The summed E-state index contributed by atoms with van der Waals surface area (Å²) in [7, 11) is 1.64. The summed E-state index contributed by atoms with van der Waals surface area (Å²) in [5, 5.41) is 0. The number of pyridine rings is 1. The average molecular weight is 362 g/mol. The molecule has 0 atom stereocenters. The molecule has 0 radical (unpaired) electrons. The molecule has 26 heavy (non-hydrogen) atoms. The van der Waals surface area contributed by atoms with Crippen LogP contribution in [-0.4, -0.2) is 90.1 Å². The van der Waals surface area contributed by atoms with E-state index in [1.807, 2.05) is 4.90 Å². The molecule has 2 aliphatic rings. The Kier molecular flexibility index (Phi) is 6.05. The Balaban J connectivity index is 1.57. The molecule has 0 spiro atoms. The first-order valence-corrected chi connectivity index (χ1v) is 9.09. The lowest BCUT2D eigenvalue weighted by atomic mass is 10.2. The summed E-state index contributed by atoms with van der Waals surface area (Å²) in [5.74, 6) is -0.113. The molecule has 1 aromatic heterocycles. The molecule has 142 valence electrons. The maximum absolute atomic E-state index is 12.7. The van der Waals surface area contributed by atoms with E-state index in [1.165, 1.54) is 4.57 Å². The van der Waals surface area contributed by atoms with Gasteiger partial charge in [-0.05, 0) is 18.6 Å². The zero-order valence-electron chi connectivity index (χ0n) is 15.2. The summed E-state index contributed by atoms with van der Waals surface area (Å²) in [5.41, 5.74) is -0.0751. The van der Waals surface area contributed by atoms with Crippen LogP contribution < -0.4 is 5.56 Å². The SMILES string of the molecule is Cn1cccc(C(=O)N2CCCN(CC(=O)N3CCOCC3)CC2)c1=O. The summed E-state index contributed by atoms with van der Waals surface area (Å²) < 4.78 is 6.70. The van der Waals surface area contributed by atoms with Crippen LogP contribution in [0.15, 0.2) is 23.1 Å². The number of hydrogen-bond donors (Lipinski definition) is 0. The smallest absolute Gasteiger partial charge is 0.263 e. The predicted octanol–water partition coefficient (Wildman–Crippen LogP) is -0.608. The third-order valence-electron chi connectivity index (χ3n) is 4.95. The Morgan fingerprint density at radius 2 is 1.81 bits per heavy atom. The minimum Gasteiger partial charge on any atom is -0.378 e. The van der Waals surface area contributed by atoms with Gasteiger partial charge >= 0.3 is 0 Å². The fourth-order valence-electron chi connectivity index (χ4n) is 3.37. The van der Waals surface area contributed by atoms with Crippen molar-refractivity contribution in [2.75, 3.05) is 59.0 Å². The highest BCUT2D eigenvalue weighted by atomic mass is 16.5. The number of aromatic nitrogens is 1. The van der Waals surface area contributed by atoms with Crippen LogP contribution in [0.3, 0.4) is 0 Å². The largest absolute Gasteiger partial charge is 0.378 e. The first kappa shape index (κ1) is 18.6. The fraction of sp³-hybridized carbons (Fsp3) is 0.611. The summed E-state index contributed by atoms with van der Waals surface area (Å²) in [6, 6.07) is 3.29. The number of carbonyl (C=O) groups is 2. The topological polar surface area (TPSA) is 75.1 Å². The Labute approximate surface area is 152 Å². The molecule has 2 fully saturated rings. The van der Waals surface area contributed by atoms with Gasteiger partial charge in [-0.2, -0.15) is 0 Å². The van der Waals surface area contributed by atoms with Crippen LogP contribution in [0.25, 0.3) is 0 Å². The number of carbonyl (C=O) groups excluding carboxylic acids is 2. The number of nitrogens with zero attached hydrogens (tertiary/aromatic N) is 4. The van der Waals surface area contributed by atoms with Crippen LogP contribution in [0.4, 0.5) is 0 Å². The zero-order chi connectivity index (χ0) is 18.5. The number of morpholine rings is 1. The second-order valence-corrected chi connectivity index (χ2v) is 6.75. The highest BCUT2D eigenvalue weighted by Crippen LogP contribution is 2.08. The van der Waals surface area contributed by atoms with Crippen molar-refractivity contribution in [3.8, 4) is 0 Å². The molecule has 0 unspecified atom stereocenters. The molecule has 1 aromatic rings. The molecule has 0 aliphatic carbocycles. The molecule has 3 heterocycles. The zero-order valence-corrected chi connectivity index (χ0v) is 15.2. The van der Waals surface area contributed by atoms with Crippen LogP contribution >= 0.6 is 0 Å². The minimum absolute atomic E-state index is 0.116. The second kappa shape index (κ2) is 8.46. The van der Waals surface area contributed by atoms with Crippen LogP contribution in [-0.2, 0) is 16.6 Å². The van der Waals surface area contributed by atoms with Crippen molar-refractivity contribution in [3.05, 3.63) is 34.2 Å². The molecule has 0 bridgehead atoms. The van der Waals surface area contributed by atoms with E-state index in [4.69, 9.17) is 4.74 Å². The van der Waals surface area contributed by atoms with Gasteiger partial charge in [0.1, 0.15) is 5.56 Å². The van der Waals surface area contributed by atoms with Crippen molar-refractivity contribution >= 4 is 11.8 Å². The summed E-state index contributed by atoms with van der Waals surface area (Å²) in [6.07, 6.45) is 2.43. The van der Waals surface area contributed by atoms with E-state index in [9.17, 15) is 14.4 Å². The van der Waals surface area contributed by atoms with Crippen LogP contribution in [0.2, 0.25) is 0 Å². The molecule has 2 saturated heterocycles. The third-order valence-corrected chi connectivity index (χ3v) is 4.95. The van der Waals surface area contributed by atoms with Gasteiger partial charge in [-0.3, -0.25) is 19.3 Å². The minimum atomic E-state index is -0.277. The van der Waals surface area contributed by atoms with Crippen molar-refractivity contribution in [2.45, 2.75) is 6.42 Å². The average Bonchev–Trinajstić information content (AvgIpc) is 2.90. The highest BCUT2D eigenvalue weighted by molar-refractivity contribution is 5.93. The van der Waals surface area contributed by atoms with Gasteiger partial charge in [0, 0.05) is 52.5 Å².